The molecule has 0 radical (unpaired) electrons. The Kier molecular flexibility index (Phi) is 4.39. The predicted octanol–water partition coefficient (Wildman–Crippen LogP) is 4.22. The van der Waals surface area contributed by atoms with Gasteiger partial charge in [-0.1, -0.05) is 33.6 Å². The average molecular weight is 227 g/mol. The number of unbranched alkanes of at least 4 members (excludes halogenated alkanes) is 1. The molecule has 0 aliphatic rings. The maximum Gasteiger partial charge on any atom is 0.219 e. The Labute approximate surface area is 95.9 Å². The van der Waals surface area contributed by atoms with Crippen molar-refractivity contribution in [1.82, 2.24) is 4.98 Å². The molecule has 1 unspecified atom stereocenters. The van der Waals surface area contributed by atoms with Crippen molar-refractivity contribution in [3.05, 3.63) is 29.6 Å². The smallest absolute Gasteiger partial charge is 0.190 e. The van der Waals surface area contributed by atoms with E-state index >= 15 is 0 Å². The lowest BCUT2D eigenvalue weighted by molar-refractivity contribution is 0.373. The number of pyridine rings is 1. The number of aromatic nitrogens is 1. The number of nitrogens with zero attached hydrogens (tertiary/aromatic N) is 1. The van der Waals surface area contributed by atoms with E-state index in [0.29, 0.717) is 5.56 Å². The van der Waals surface area contributed by atoms with Crippen LogP contribution in [0, 0.1) is 11.9 Å². The molecule has 1 aromatic heterocycles. The lowest BCUT2D eigenvalue weighted by Gasteiger charge is -2.28. The quantitative estimate of drug-likeness (QED) is 0.686. The molecule has 0 aliphatic heterocycles. The number of rotatable bonds is 5. The van der Waals surface area contributed by atoms with E-state index in [4.69, 9.17) is 0 Å². The lowest BCUT2D eigenvalue weighted by Crippen LogP contribution is -2.23. The zero-order valence-electron chi connectivity index (χ0n) is 10.2. The summed E-state index contributed by atoms with van der Waals surface area (Å²) < 4.78 is 26.3. The monoisotopic (exact) mass is 227 g/mol. The van der Waals surface area contributed by atoms with Crippen LogP contribution in [0.15, 0.2) is 12.1 Å². The minimum Gasteiger partial charge on any atom is -0.190 e. The summed E-state index contributed by atoms with van der Waals surface area (Å²) in [6.45, 7) is 6.15. The topological polar surface area (TPSA) is 12.9 Å². The van der Waals surface area contributed by atoms with Crippen LogP contribution in [0.5, 0.6) is 0 Å². The summed E-state index contributed by atoms with van der Waals surface area (Å²) in [5.41, 5.74) is 0.297. The van der Waals surface area contributed by atoms with Gasteiger partial charge in [-0.25, -0.2) is 0 Å². The van der Waals surface area contributed by atoms with Crippen molar-refractivity contribution in [2.75, 3.05) is 0 Å². The second-order valence-corrected chi connectivity index (χ2v) is 4.49. The van der Waals surface area contributed by atoms with Crippen molar-refractivity contribution >= 4 is 0 Å². The predicted molar refractivity (Wildman–Crippen MR) is 61.3 cm³/mol. The number of halogens is 2. The minimum atomic E-state index is -0.754. The summed E-state index contributed by atoms with van der Waals surface area (Å²) in [6, 6.07) is 2.76. The Balaban J connectivity index is 3.02. The van der Waals surface area contributed by atoms with Crippen molar-refractivity contribution in [3.63, 3.8) is 0 Å². The van der Waals surface area contributed by atoms with E-state index in [2.05, 4.69) is 11.9 Å². The lowest BCUT2D eigenvalue weighted by atomic mass is 9.76. The normalized spacial score (nSPS) is 14.8. The van der Waals surface area contributed by atoms with Crippen LogP contribution in [0.1, 0.15) is 52.0 Å². The van der Waals surface area contributed by atoms with E-state index in [1.165, 1.54) is 12.1 Å². The minimum absolute atomic E-state index is 0.235. The molecule has 16 heavy (non-hydrogen) atoms. The van der Waals surface area contributed by atoms with E-state index < -0.39 is 11.9 Å². The van der Waals surface area contributed by atoms with Crippen molar-refractivity contribution in [2.24, 2.45) is 0 Å². The Morgan fingerprint density at radius 3 is 2.44 bits per heavy atom. The molecule has 0 saturated carbocycles. The van der Waals surface area contributed by atoms with Gasteiger partial charge in [0.25, 0.3) is 0 Å². The average Bonchev–Trinajstić information content (AvgIpc) is 2.26. The van der Waals surface area contributed by atoms with Gasteiger partial charge >= 0.3 is 0 Å². The molecule has 0 spiro atoms. The summed E-state index contributed by atoms with van der Waals surface area (Å²) in [5, 5.41) is 0. The standard InChI is InChI=1S/C13H19F2N/c1-4-6-9-13(3,5-2)10-7-8-11(14)16-12(10)15/h7-8H,4-6,9H2,1-3H3. The molecular formula is C13H19F2N. The van der Waals surface area contributed by atoms with Gasteiger partial charge in [-0.15, -0.1) is 0 Å². The van der Waals surface area contributed by atoms with Crippen LogP contribution in [-0.4, -0.2) is 4.98 Å². The molecule has 0 aliphatic carbocycles. The van der Waals surface area contributed by atoms with Gasteiger partial charge in [0, 0.05) is 5.56 Å². The first-order valence-electron chi connectivity index (χ1n) is 5.86. The van der Waals surface area contributed by atoms with E-state index in [-0.39, 0.29) is 5.41 Å². The Bertz CT molecular complexity index is 352. The third-order valence-electron chi connectivity index (χ3n) is 3.33. The van der Waals surface area contributed by atoms with E-state index in [0.717, 1.165) is 25.7 Å². The highest BCUT2D eigenvalue weighted by atomic mass is 19.1. The van der Waals surface area contributed by atoms with E-state index in [9.17, 15) is 8.78 Å². The highest BCUT2D eigenvalue weighted by Crippen LogP contribution is 2.34. The first-order chi connectivity index (χ1) is 7.53. The Morgan fingerprint density at radius 2 is 1.94 bits per heavy atom. The molecule has 1 nitrogen and oxygen atoms in total. The van der Waals surface area contributed by atoms with Gasteiger partial charge < -0.3 is 0 Å². The van der Waals surface area contributed by atoms with Crippen molar-refractivity contribution in [1.29, 1.82) is 0 Å². The maximum atomic E-state index is 13.6. The van der Waals surface area contributed by atoms with E-state index in [1.54, 1.807) is 0 Å². The van der Waals surface area contributed by atoms with Crippen LogP contribution < -0.4 is 0 Å². The van der Waals surface area contributed by atoms with Gasteiger partial charge in [-0.2, -0.15) is 13.8 Å². The summed E-state index contributed by atoms with van der Waals surface area (Å²) >= 11 is 0. The van der Waals surface area contributed by atoms with Gasteiger partial charge in [-0.05, 0) is 30.4 Å². The maximum absolute atomic E-state index is 13.6. The molecule has 0 saturated heterocycles. The van der Waals surface area contributed by atoms with Crippen molar-refractivity contribution in [3.8, 4) is 0 Å². The first kappa shape index (κ1) is 13.1. The van der Waals surface area contributed by atoms with Crippen LogP contribution in [0.3, 0.4) is 0 Å². The molecule has 1 heterocycles. The molecule has 0 N–H and O–H groups in total. The second-order valence-electron chi connectivity index (χ2n) is 4.49. The molecule has 3 heteroatoms. The molecule has 90 valence electrons. The zero-order chi connectivity index (χ0) is 12.2. The molecule has 1 rings (SSSR count). The SMILES string of the molecule is CCCCC(C)(CC)c1ccc(F)nc1F. The number of hydrogen-bond donors (Lipinski definition) is 0. The van der Waals surface area contributed by atoms with Gasteiger partial charge in [0.2, 0.25) is 11.9 Å². The van der Waals surface area contributed by atoms with Crippen LogP contribution >= 0.6 is 0 Å². The fraction of sp³-hybridized carbons (Fsp3) is 0.615. The Hall–Kier alpha value is -0.990. The Morgan fingerprint density at radius 1 is 1.25 bits per heavy atom. The summed E-state index contributed by atoms with van der Waals surface area (Å²) in [4.78, 5) is 3.26. The highest BCUT2D eigenvalue weighted by Gasteiger charge is 2.27. The van der Waals surface area contributed by atoms with Crippen LogP contribution in [0.25, 0.3) is 0 Å². The van der Waals surface area contributed by atoms with Crippen LogP contribution in [0.2, 0.25) is 0 Å². The summed E-state index contributed by atoms with van der Waals surface area (Å²) in [7, 11) is 0. The molecule has 0 aromatic carbocycles. The fourth-order valence-corrected chi connectivity index (χ4v) is 1.93. The van der Waals surface area contributed by atoms with Crippen molar-refractivity contribution < 1.29 is 8.78 Å². The molecular weight excluding hydrogens is 208 g/mol. The summed E-state index contributed by atoms with van der Waals surface area (Å²) in [6.07, 6.45) is 3.86. The van der Waals surface area contributed by atoms with Gasteiger partial charge in [0.05, 0.1) is 0 Å². The summed E-state index contributed by atoms with van der Waals surface area (Å²) in [5.74, 6) is -1.42. The van der Waals surface area contributed by atoms with Gasteiger partial charge in [0.15, 0.2) is 0 Å². The molecule has 1 aromatic rings. The largest absolute Gasteiger partial charge is 0.219 e. The van der Waals surface area contributed by atoms with Crippen molar-refractivity contribution in [2.45, 2.75) is 51.9 Å². The molecule has 0 amide bonds. The molecule has 0 bridgehead atoms. The zero-order valence-corrected chi connectivity index (χ0v) is 10.2. The van der Waals surface area contributed by atoms with E-state index in [1.807, 2.05) is 13.8 Å². The van der Waals surface area contributed by atoms with Crippen LogP contribution in [-0.2, 0) is 5.41 Å². The third-order valence-corrected chi connectivity index (χ3v) is 3.33. The first-order valence-corrected chi connectivity index (χ1v) is 5.86. The highest BCUT2D eigenvalue weighted by molar-refractivity contribution is 5.22. The second kappa shape index (κ2) is 5.37. The van der Waals surface area contributed by atoms with Crippen LogP contribution in [0.4, 0.5) is 8.78 Å². The fourth-order valence-electron chi connectivity index (χ4n) is 1.93. The van der Waals surface area contributed by atoms with Gasteiger partial charge in [-0.3, -0.25) is 0 Å². The molecule has 0 fully saturated rings. The third kappa shape index (κ3) is 2.77. The molecule has 1 atom stereocenters. The number of hydrogen-bond acceptors (Lipinski definition) is 1. The van der Waals surface area contributed by atoms with Gasteiger partial charge in [0.1, 0.15) is 0 Å².